The maximum atomic E-state index is 5.82. The first-order chi connectivity index (χ1) is 14.7. The summed E-state index contributed by atoms with van der Waals surface area (Å²) in [5.74, 6) is 2.30. The molecule has 0 bridgehead atoms. The van der Waals surface area contributed by atoms with Crippen LogP contribution in [0.2, 0.25) is 0 Å². The minimum absolute atomic E-state index is 0.579. The molecule has 0 atom stereocenters. The highest BCUT2D eigenvalue weighted by Crippen LogP contribution is 2.29. The van der Waals surface area contributed by atoms with Gasteiger partial charge >= 0.3 is 0 Å². The van der Waals surface area contributed by atoms with Gasteiger partial charge in [0.15, 0.2) is 11.5 Å². The van der Waals surface area contributed by atoms with Gasteiger partial charge in [0.05, 0.1) is 32.2 Å². The van der Waals surface area contributed by atoms with Crippen LogP contribution in [0, 0.1) is 0 Å². The van der Waals surface area contributed by atoms with Crippen LogP contribution in [0.15, 0.2) is 52.9 Å². The Labute approximate surface area is 181 Å². The summed E-state index contributed by atoms with van der Waals surface area (Å²) in [6.45, 7) is 5.36. The van der Waals surface area contributed by atoms with Crippen molar-refractivity contribution in [2.24, 2.45) is 5.10 Å². The average Bonchev–Trinajstić information content (AvgIpc) is 3.24. The summed E-state index contributed by atoms with van der Waals surface area (Å²) in [6, 6.07) is 13.6. The van der Waals surface area contributed by atoms with Gasteiger partial charge in [0.25, 0.3) is 0 Å². The van der Waals surface area contributed by atoms with E-state index in [0.29, 0.717) is 18.3 Å². The second kappa shape index (κ2) is 11.2. The number of thiazole rings is 1. The van der Waals surface area contributed by atoms with Gasteiger partial charge in [0.1, 0.15) is 5.75 Å². The molecule has 158 valence electrons. The Bertz CT molecular complexity index is 972. The molecule has 1 N–H and O–H groups in total. The Hall–Kier alpha value is -3.06. The quantitative estimate of drug-likeness (QED) is 0.237. The van der Waals surface area contributed by atoms with Crippen LogP contribution in [0.3, 0.4) is 0 Å². The average molecular weight is 426 g/mol. The summed E-state index contributed by atoms with van der Waals surface area (Å²) >= 11 is 1.50. The van der Waals surface area contributed by atoms with Gasteiger partial charge in [-0.1, -0.05) is 25.5 Å². The van der Waals surface area contributed by atoms with Crippen LogP contribution >= 0.6 is 11.3 Å². The lowest BCUT2D eigenvalue weighted by Crippen LogP contribution is -2.01. The number of hydrazone groups is 1. The largest absolute Gasteiger partial charge is 0.497 e. The molecule has 6 nitrogen and oxygen atoms in total. The van der Waals surface area contributed by atoms with Crippen LogP contribution in [-0.4, -0.2) is 31.5 Å². The van der Waals surface area contributed by atoms with Crippen molar-refractivity contribution in [3.05, 3.63) is 53.4 Å². The van der Waals surface area contributed by atoms with E-state index in [9.17, 15) is 0 Å². The van der Waals surface area contributed by atoms with Crippen molar-refractivity contribution in [3.8, 4) is 28.5 Å². The highest BCUT2D eigenvalue weighted by Gasteiger charge is 2.07. The van der Waals surface area contributed by atoms with E-state index in [1.54, 1.807) is 13.3 Å². The predicted molar refractivity (Wildman–Crippen MR) is 123 cm³/mol. The van der Waals surface area contributed by atoms with Gasteiger partial charge < -0.3 is 14.2 Å². The molecule has 3 aromatic rings. The van der Waals surface area contributed by atoms with Gasteiger partial charge in [-0.3, -0.25) is 5.43 Å². The smallest absolute Gasteiger partial charge is 0.203 e. The molecule has 1 aromatic heterocycles. The molecule has 3 rings (SSSR count). The molecule has 0 saturated heterocycles. The van der Waals surface area contributed by atoms with E-state index < -0.39 is 0 Å². The molecule has 0 aliphatic carbocycles. The standard InChI is InChI=1S/C23H27N3O3S/c1-4-6-12-29-21-11-10-17(13-22(21)28-5-2)15-24-26-23-25-20(16-30-23)18-8-7-9-19(14-18)27-3/h7-11,13-16H,4-6,12H2,1-3H3,(H,25,26)/b24-15-. The number of methoxy groups -OCH3 is 1. The van der Waals surface area contributed by atoms with Gasteiger partial charge in [0.2, 0.25) is 5.13 Å². The molecular formula is C23H27N3O3S. The fraction of sp³-hybridized carbons (Fsp3) is 0.304. The number of ether oxygens (including phenoxy) is 3. The molecule has 0 aliphatic rings. The lowest BCUT2D eigenvalue weighted by molar-refractivity contribution is 0.272. The van der Waals surface area contributed by atoms with Gasteiger partial charge in [-0.05, 0) is 49.2 Å². The van der Waals surface area contributed by atoms with Crippen LogP contribution < -0.4 is 19.6 Å². The molecule has 0 amide bonds. The summed E-state index contributed by atoms with van der Waals surface area (Å²) < 4.78 is 16.8. The van der Waals surface area contributed by atoms with Crippen molar-refractivity contribution in [3.63, 3.8) is 0 Å². The van der Waals surface area contributed by atoms with Gasteiger partial charge in [0, 0.05) is 10.9 Å². The zero-order valence-corrected chi connectivity index (χ0v) is 18.4. The second-order valence-electron chi connectivity index (χ2n) is 6.48. The Kier molecular flexibility index (Phi) is 8.09. The fourth-order valence-electron chi connectivity index (χ4n) is 2.72. The van der Waals surface area contributed by atoms with E-state index in [2.05, 4.69) is 22.4 Å². The lowest BCUT2D eigenvalue weighted by Gasteiger charge is -2.12. The maximum Gasteiger partial charge on any atom is 0.203 e. The zero-order valence-electron chi connectivity index (χ0n) is 17.6. The number of hydrogen-bond donors (Lipinski definition) is 1. The fourth-order valence-corrected chi connectivity index (χ4v) is 3.39. The van der Waals surface area contributed by atoms with Crippen LogP contribution in [0.5, 0.6) is 17.2 Å². The summed E-state index contributed by atoms with van der Waals surface area (Å²) in [5.41, 5.74) is 5.79. The third-order valence-corrected chi connectivity index (χ3v) is 5.01. The van der Waals surface area contributed by atoms with Crippen molar-refractivity contribution in [2.75, 3.05) is 25.7 Å². The lowest BCUT2D eigenvalue weighted by atomic mass is 10.2. The van der Waals surface area contributed by atoms with E-state index in [1.807, 2.05) is 54.8 Å². The first-order valence-electron chi connectivity index (χ1n) is 10.0. The highest BCUT2D eigenvalue weighted by atomic mass is 32.1. The molecule has 0 radical (unpaired) electrons. The van der Waals surface area contributed by atoms with Crippen LogP contribution in [0.25, 0.3) is 11.3 Å². The predicted octanol–water partition coefficient (Wildman–Crippen LogP) is 5.84. The number of anilines is 1. The van der Waals surface area contributed by atoms with Crippen LogP contribution in [-0.2, 0) is 0 Å². The number of nitrogens with zero attached hydrogens (tertiary/aromatic N) is 2. The number of unbranched alkanes of at least 4 members (excludes halogenated alkanes) is 1. The first-order valence-corrected chi connectivity index (χ1v) is 10.9. The molecule has 30 heavy (non-hydrogen) atoms. The Morgan fingerprint density at radius 2 is 2.00 bits per heavy atom. The van der Waals surface area contributed by atoms with Crippen LogP contribution in [0.4, 0.5) is 5.13 Å². The van der Waals surface area contributed by atoms with E-state index in [-0.39, 0.29) is 0 Å². The Morgan fingerprint density at radius 1 is 1.10 bits per heavy atom. The zero-order chi connectivity index (χ0) is 21.2. The minimum atomic E-state index is 0.579. The summed E-state index contributed by atoms with van der Waals surface area (Å²) in [5, 5.41) is 7.02. The van der Waals surface area contributed by atoms with Crippen molar-refractivity contribution < 1.29 is 14.2 Å². The number of nitrogens with one attached hydrogen (secondary N) is 1. The number of rotatable bonds is 11. The molecule has 1 heterocycles. The highest BCUT2D eigenvalue weighted by molar-refractivity contribution is 7.14. The first kappa shape index (κ1) is 21.6. The topological polar surface area (TPSA) is 65.0 Å². The van der Waals surface area contributed by atoms with E-state index in [0.717, 1.165) is 46.9 Å². The summed E-state index contributed by atoms with van der Waals surface area (Å²) in [4.78, 5) is 4.58. The van der Waals surface area contributed by atoms with E-state index >= 15 is 0 Å². The molecule has 7 heteroatoms. The van der Waals surface area contributed by atoms with Gasteiger partial charge in [-0.15, -0.1) is 11.3 Å². The molecule has 0 fully saturated rings. The van der Waals surface area contributed by atoms with Gasteiger partial charge in [-0.2, -0.15) is 5.10 Å². The molecule has 0 aliphatic heterocycles. The SMILES string of the molecule is CCCCOc1ccc(/C=N\Nc2nc(-c3cccc(OC)c3)cs2)cc1OCC. The molecule has 0 saturated carbocycles. The van der Waals surface area contributed by atoms with Crippen molar-refractivity contribution in [1.29, 1.82) is 0 Å². The van der Waals surface area contributed by atoms with Crippen molar-refractivity contribution in [2.45, 2.75) is 26.7 Å². The molecular weight excluding hydrogens is 398 g/mol. The number of hydrogen-bond acceptors (Lipinski definition) is 7. The summed E-state index contributed by atoms with van der Waals surface area (Å²) in [7, 11) is 1.66. The molecule has 0 unspecified atom stereocenters. The van der Waals surface area contributed by atoms with Crippen molar-refractivity contribution >= 4 is 22.7 Å². The Morgan fingerprint density at radius 3 is 2.80 bits per heavy atom. The normalized spacial score (nSPS) is 10.9. The number of benzene rings is 2. The third kappa shape index (κ3) is 5.97. The van der Waals surface area contributed by atoms with Gasteiger partial charge in [-0.25, -0.2) is 4.98 Å². The van der Waals surface area contributed by atoms with Crippen molar-refractivity contribution in [1.82, 2.24) is 4.98 Å². The minimum Gasteiger partial charge on any atom is -0.497 e. The number of aromatic nitrogens is 1. The molecule has 0 spiro atoms. The summed E-state index contributed by atoms with van der Waals surface area (Å²) in [6.07, 6.45) is 3.85. The maximum absolute atomic E-state index is 5.82. The molecule has 2 aromatic carbocycles. The van der Waals surface area contributed by atoms with Crippen LogP contribution in [0.1, 0.15) is 32.3 Å². The van der Waals surface area contributed by atoms with E-state index in [1.165, 1.54) is 11.3 Å². The van der Waals surface area contributed by atoms with E-state index in [4.69, 9.17) is 14.2 Å². The Balaban J connectivity index is 1.65. The third-order valence-electron chi connectivity index (χ3n) is 4.27. The second-order valence-corrected chi connectivity index (χ2v) is 7.34. The monoisotopic (exact) mass is 425 g/mol.